The molecule has 0 bridgehead atoms. The highest BCUT2D eigenvalue weighted by Crippen LogP contribution is 2.29. The van der Waals surface area contributed by atoms with Crippen LogP contribution in [0, 0.1) is 34.6 Å². The summed E-state index contributed by atoms with van der Waals surface area (Å²) in [5.74, 6) is -0.118. The largest absolute Gasteiger partial charge is 0.322 e. The number of aromatic nitrogens is 1. The van der Waals surface area contributed by atoms with Gasteiger partial charge in [0.05, 0.1) is 16.8 Å². The molecule has 30 heavy (non-hydrogen) atoms. The highest BCUT2D eigenvalue weighted by Gasteiger charge is 2.16. The molecule has 1 aromatic heterocycles. The minimum atomic E-state index is -0.118. The van der Waals surface area contributed by atoms with Crippen molar-refractivity contribution >= 4 is 22.5 Å². The Balaban J connectivity index is 1.87. The van der Waals surface area contributed by atoms with Gasteiger partial charge >= 0.3 is 0 Å². The lowest BCUT2D eigenvalue weighted by Crippen LogP contribution is -2.14. The number of nitrogens with one attached hydrogen (secondary N) is 1. The molecule has 0 unspecified atom stereocenters. The molecule has 3 aromatic carbocycles. The SMILES string of the molecule is Cc1ccc(-c2cc(C(=O)Nc3ccc(C)cc3C)c3cc(C)cc(C)c3n2)cc1. The van der Waals surface area contributed by atoms with Crippen molar-refractivity contribution in [3.8, 4) is 11.3 Å². The molecule has 0 radical (unpaired) electrons. The highest BCUT2D eigenvalue weighted by molar-refractivity contribution is 6.13. The number of carbonyl (C=O) groups is 1. The van der Waals surface area contributed by atoms with Crippen molar-refractivity contribution in [2.24, 2.45) is 0 Å². The number of aryl methyl sites for hydroxylation is 5. The van der Waals surface area contributed by atoms with Crippen LogP contribution >= 0.6 is 0 Å². The maximum Gasteiger partial charge on any atom is 0.256 e. The number of amides is 1. The van der Waals surface area contributed by atoms with E-state index in [-0.39, 0.29) is 5.91 Å². The van der Waals surface area contributed by atoms with E-state index in [0.29, 0.717) is 5.56 Å². The molecule has 0 saturated heterocycles. The minimum Gasteiger partial charge on any atom is -0.322 e. The van der Waals surface area contributed by atoms with Crippen LogP contribution in [-0.4, -0.2) is 10.9 Å². The molecule has 0 saturated carbocycles. The summed E-state index contributed by atoms with van der Waals surface area (Å²) in [5.41, 5.74) is 9.75. The number of anilines is 1. The molecule has 0 aliphatic heterocycles. The second-order valence-corrected chi connectivity index (χ2v) is 8.17. The van der Waals surface area contributed by atoms with Gasteiger partial charge in [-0.25, -0.2) is 4.98 Å². The third-order valence-electron chi connectivity index (χ3n) is 5.47. The Morgan fingerprint density at radius 3 is 2.10 bits per heavy atom. The van der Waals surface area contributed by atoms with Crippen molar-refractivity contribution in [3.05, 3.63) is 94.0 Å². The number of hydrogen-bond donors (Lipinski definition) is 1. The summed E-state index contributed by atoms with van der Waals surface area (Å²) in [4.78, 5) is 18.3. The molecule has 0 fully saturated rings. The van der Waals surface area contributed by atoms with Gasteiger partial charge in [0.25, 0.3) is 5.91 Å². The second-order valence-electron chi connectivity index (χ2n) is 8.17. The molecule has 1 amide bonds. The average Bonchev–Trinajstić information content (AvgIpc) is 2.70. The van der Waals surface area contributed by atoms with Crippen LogP contribution in [0.15, 0.2) is 60.7 Å². The van der Waals surface area contributed by atoms with E-state index >= 15 is 0 Å². The summed E-state index contributed by atoms with van der Waals surface area (Å²) in [6.07, 6.45) is 0. The maximum absolute atomic E-state index is 13.4. The Kier molecular flexibility index (Phi) is 5.13. The molecule has 0 spiro atoms. The van der Waals surface area contributed by atoms with Gasteiger partial charge in [-0.05, 0) is 63.9 Å². The summed E-state index contributed by atoms with van der Waals surface area (Å²) in [7, 11) is 0. The molecule has 1 heterocycles. The van der Waals surface area contributed by atoms with Crippen LogP contribution < -0.4 is 5.32 Å². The van der Waals surface area contributed by atoms with E-state index in [1.54, 1.807) is 0 Å². The molecular formula is C27H26N2O. The number of carbonyl (C=O) groups excluding carboxylic acids is 1. The van der Waals surface area contributed by atoms with Gasteiger partial charge in [-0.15, -0.1) is 0 Å². The zero-order chi connectivity index (χ0) is 21.4. The van der Waals surface area contributed by atoms with Crippen molar-refractivity contribution in [1.29, 1.82) is 0 Å². The van der Waals surface area contributed by atoms with Gasteiger partial charge < -0.3 is 5.32 Å². The summed E-state index contributed by atoms with van der Waals surface area (Å²) >= 11 is 0. The summed E-state index contributed by atoms with van der Waals surface area (Å²) in [5, 5.41) is 3.99. The van der Waals surface area contributed by atoms with Crippen LogP contribution in [0.25, 0.3) is 22.2 Å². The summed E-state index contributed by atoms with van der Waals surface area (Å²) in [6.45, 7) is 10.2. The molecule has 0 aliphatic carbocycles. The van der Waals surface area contributed by atoms with Crippen LogP contribution in [0.2, 0.25) is 0 Å². The number of pyridine rings is 1. The molecule has 3 heteroatoms. The number of rotatable bonds is 3. The van der Waals surface area contributed by atoms with Crippen LogP contribution in [0.4, 0.5) is 5.69 Å². The number of nitrogens with zero attached hydrogens (tertiary/aromatic N) is 1. The molecule has 4 rings (SSSR count). The fraction of sp³-hybridized carbons (Fsp3) is 0.185. The van der Waals surface area contributed by atoms with Gasteiger partial charge in [-0.1, -0.05) is 59.2 Å². The number of benzene rings is 3. The molecule has 3 nitrogen and oxygen atoms in total. The lowest BCUT2D eigenvalue weighted by atomic mass is 9.99. The fourth-order valence-corrected chi connectivity index (χ4v) is 3.88. The van der Waals surface area contributed by atoms with Gasteiger partial charge in [0, 0.05) is 16.6 Å². The zero-order valence-corrected chi connectivity index (χ0v) is 18.1. The van der Waals surface area contributed by atoms with E-state index in [0.717, 1.165) is 44.5 Å². The van der Waals surface area contributed by atoms with Gasteiger partial charge in [0.1, 0.15) is 0 Å². The van der Waals surface area contributed by atoms with E-state index in [4.69, 9.17) is 4.98 Å². The summed E-state index contributed by atoms with van der Waals surface area (Å²) < 4.78 is 0. The maximum atomic E-state index is 13.4. The van der Waals surface area contributed by atoms with Crippen LogP contribution in [0.3, 0.4) is 0 Å². The smallest absolute Gasteiger partial charge is 0.256 e. The summed E-state index contributed by atoms with van der Waals surface area (Å²) in [6, 6.07) is 20.4. The molecular weight excluding hydrogens is 368 g/mol. The predicted molar refractivity (Wildman–Crippen MR) is 125 cm³/mol. The lowest BCUT2D eigenvalue weighted by molar-refractivity contribution is 0.102. The topological polar surface area (TPSA) is 42.0 Å². The molecule has 150 valence electrons. The zero-order valence-electron chi connectivity index (χ0n) is 18.1. The monoisotopic (exact) mass is 394 g/mol. The Morgan fingerprint density at radius 1 is 0.733 bits per heavy atom. The first-order valence-electron chi connectivity index (χ1n) is 10.2. The van der Waals surface area contributed by atoms with Crippen molar-refractivity contribution in [1.82, 2.24) is 4.98 Å². The second kappa shape index (κ2) is 7.75. The van der Waals surface area contributed by atoms with Crippen molar-refractivity contribution in [3.63, 3.8) is 0 Å². The normalized spacial score (nSPS) is 11.0. The molecule has 1 N–H and O–H groups in total. The third-order valence-corrected chi connectivity index (χ3v) is 5.47. The van der Waals surface area contributed by atoms with Gasteiger partial charge in [0.2, 0.25) is 0 Å². The van der Waals surface area contributed by atoms with Crippen LogP contribution in [-0.2, 0) is 0 Å². The Labute approximate surface area is 177 Å². The van der Waals surface area contributed by atoms with Crippen LogP contribution in [0.1, 0.15) is 38.2 Å². The van der Waals surface area contributed by atoms with E-state index in [1.807, 2.05) is 52.0 Å². The van der Waals surface area contributed by atoms with Gasteiger partial charge in [-0.2, -0.15) is 0 Å². The van der Waals surface area contributed by atoms with Crippen molar-refractivity contribution in [2.75, 3.05) is 5.32 Å². The van der Waals surface area contributed by atoms with Crippen LogP contribution in [0.5, 0.6) is 0 Å². The van der Waals surface area contributed by atoms with E-state index < -0.39 is 0 Å². The van der Waals surface area contributed by atoms with E-state index in [9.17, 15) is 4.79 Å². The Hall–Kier alpha value is -3.46. The first-order chi connectivity index (χ1) is 14.3. The van der Waals surface area contributed by atoms with Gasteiger partial charge in [0.15, 0.2) is 0 Å². The number of fused-ring (bicyclic) bond motifs is 1. The first kappa shape index (κ1) is 19.8. The van der Waals surface area contributed by atoms with E-state index in [2.05, 4.69) is 48.6 Å². The molecule has 0 aliphatic rings. The molecule has 0 atom stereocenters. The molecule has 4 aromatic rings. The lowest BCUT2D eigenvalue weighted by Gasteiger charge is -2.14. The fourth-order valence-electron chi connectivity index (χ4n) is 3.88. The van der Waals surface area contributed by atoms with Crippen molar-refractivity contribution in [2.45, 2.75) is 34.6 Å². The standard InChI is InChI=1S/C27H26N2O/c1-16-6-9-21(10-7-16)25-15-23(22-14-18(3)13-20(5)26(22)28-25)27(30)29-24-11-8-17(2)12-19(24)4/h6-15H,1-5H3,(H,29,30). The minimum absolute atomic E-state index is 0.118. The Bertz CT molecular complexity index is 1270. The van der Waals surface area contributed by atoms with E-state index in [1.165, 1.54) is 11.1 Å². The highest BCUT2D eigenvalue weighted by atomic mass is 16.1. The predicted octanol–water partition coefficient (Wildman–Crippen LogP) is 6.70. The van der Waals surface area contributed by atoms with Gasteiger partial charge in [-0.3, -0.25) is 4.79 Å². The third kappa shape index (κ3) is 3.84. The Morgan fingerprint density at radius 2 is 1.40 bits per heavy atom. The number of hydrogen-bond acceptors (Lipinski definition) is 2. The first-order valence-corrected chi connectivity index (χ1v) is 10.2. The quantitative estimate of drug-likeness (QED) is 0.420. The average molecular weight is 395 g/mol. The van der Waals surface area contributed by atoms with Crippen molar-refractivity contribution < 1.29 is 4.79 Å².